The fraction of sp³-hybridized carbons (Fsp3) is 0.619. The van der Waals surface area contributed by atoms with E-state index in [9.17, 15) is 14.7 Å². The molecule has 2 aliphatic heterocycles. The van der Waals surface area contributed by atoms with Crippen molar-refractivity contribution < 1.29 is 14.7 Å². The maximum Gasteiger partial charge on any atom is 0.253 e. The van der Waals surface area contributed by atoms with E-state index >= 15 is 0 Å². The van der Waals surface area contributed by atoms with Crippen LogP contribution in [-0.2, 0) is 4.79 Å². The maximum absolute atomic E-state index is 12.9. The predicted molar refractivity (Wildman–Crippen MR) is 101 cm³/mol. The summed E-state index contributed by atoms with van der Waals surface area (Å²) in [6.45, 7) is 6.44. The molecule has 0 bridgehead atoms. The summed E-state index contributed by atoms with van der Waals surface area (Å²) < 4.78 is 0. The molecule has 2 amide bonds. The molecule has 2 heterocycles. The Balaban J connectivity index is 1.60. The van der Waals surface area contributed by atoms with Gasteiger partial charge < -0.3 is 14.9 Å². The number of aliphatic hydroxyl groups is 1. The molecule has 5 heteroatoms. The Morgan fingerprint density at radius 3 is 2.38 bits per heavy atom. The molecule has 1 atom stereocenters. The first-order chi connectivity index (χ1) is 12.4. The quantitative estimate of drug-likeness (QED) is 0.903. The van der Waals surface area contributed by atoms with Crippen molar-refractivity contribution in [1.29, 1.82) is 0 Å². The minimum Gasteiger partial charge on any atom is -0.390 e. The molecule has 2 saturated heterocycles. The molecule has 1 aromatic rings. The van der Waals surface area contributed by atoms with Gasteiger partial charge in [-0.2, -0.15) is 0 Å². The largest absolute Gasteiger partial charge is 0.390 e. The summed E-state index contributed by atoms with van der Waals surface area (Å²) in [5.41, 5.74) is 1.21. The molecule has 1 aromatic carbocycles. The van der Waals surface area contributed by atoms with Gasteiger partial charge in [0.05, 0.1) is 11.5 Å². The van der Waals surface area contributed by atoms with Crippen LogP contribution in [0.15, 0.2) is 24.3 Å². The number of rotatable bonds is 3. The van der Waals surface area contributed by atoms with Gasteiger partial charge in [0, 0.05) is 31.7 Å². The SMILES string of the molecule is CCC1(O)CCN(C(=O)C2CCCN(C(=O)c3ccc(C)cc3)C2)CC1. The normalized spacial score (nSPS) is 23.0. The summed E-state index contributed by atoms with van der Waals surface area (Å²) in [7, 11) is 0. The number of amides is 2. The third kappa shape index (κ3) is 4.09. The first-order valence-corrected chi connectivity index (χ1v) is 9.79. The van der Waals surface area contributed by atoms with E-state index in [1.165, 1.54) is 0 Å². The number of carbonyl (C=O) groups excluding carboxylic acids is 2. The highest BCUT2D eigenvalue weighted by atomic mass is 16.3. The molecule has 1 N–H and O–H groups in total. The molecule has 0 radical (unpaired) electrons. The molecule has 3 rings (SSSR count). The average Bonchev–Trinajstić information content (AvgIpc) is 2.68. The Kier molecular flexibility index (Phi) is 5.66. The topological polar surface area (TPSA) is 60.9 Å². The molecule has 2 aliphatic rings. The summed E-state index contributed by atoms with van der Waals surface area (Å²) in [5.74, 6) is 0.0389. The Labute approximate surface area is 156 Å². The zero-order chi connectivity index (χ0) is 18.7. The Morgan fingerprint density at radius 2 is 1.77 bits per heavy atom. The second-order valence-electron chi connectivity index (χ2n) is 7.86. The van der Waals surface area contributed by atoms with E-state index in [4.69, 9.17) is 0 Å². The first kappa shape index (κ1) is 18.9. The number of piperidine rings is 2. The van der Waals surface area contributed by atoms with Crippen LogP contribution in [0.4, 0.5) is 0 Å². The zero-order valence-electron chi connectivity index (χ0n) is 15.9. The highest BCUT2D eigenvalue weighted by Crippen LogP contribution is 2.28. The van der Waals surface area contributed by atoms with Crippen LogP contribution in [0.25, 0.3) is 0 Å². The van der Waals surface area contributed by atoms with Crippen LogP contribution in [-0.4, -0.2) is 58.5 Å². The summed E-state index contributed by atoms with van der Waals surface area (Å²) in [5, 5.41) is 10.4. The van der Waals surface area contributed by atoms with Crippen LogP contribution in [0.2, 0.25) is 0 Å². The molecule has 0 aromatic heterocycles. The van der Waals surface area contributed by atoms with Gasteiger partial charge in [-0.3, -0.25) is 9.59 Å². The van der Waals surface area contributed by atoms with Gasteiger partial charge in [-0.1, -0.05) is 24.6 Å². The third-order valence-electron chi connectivity index (χ3n) is 6.02. The van der Waals surface area contributed by atoms with Crippen LogP contribution < -0.4 is 0 Å². The van der Waals surface area contributed by atoms with E-state index in [0.29, 0.717) is 44.6 Å². The predicted octanol–water partition coefficient (Wildman–Crippen LogP) is 2.61. The minimum absolute atomic E-state index is 0.0153. The monoisotopic (exact) mass is 358 g/mol. The van der Waals surface area contributed by atoms with Crippen molar-refractivity contribution >= 4 is 11.8 Å². The van der Waals surface area contributed by atoms with Gasteiger partial charge in [-0.15, -0.1) is 0 Å². The number of likely N-dealkylation sites (tertiary alicyclic amines) is 2. The molecule has 0 spiro atoms. The molecule has 5 nitrogen and oxygen atoms in total. The standard InChI is InChI=1S/C21H30N2O3/c1-3-21(26)10-13-22(14-11-21)20(25)18-5-4-12-23(15-18)19(24)17-8-6-16(2)7-9-17/h6-9,18,26H,3-5,10-15H2,1-2H3. The van der Waals surface area contributed by atoms with Gasteiger partial charge in [0.25, 0.3) is 5.91 Å². The van der Waals surface area contributed by atoms with Crippen molar-refractivity contribution in [2.45, 2.75) is 51.6 Å². The van der Waals surface area contributed by atoms with Crippen molar-refractivity contribution in [2.75, 3.05) is 26.2 Å². The van der Waals surface area contributed by atoms with Gasteiger partial charge >= 0.3 is 0 Å². The van der Waals surface area contributed by atoms with E-state index in [-0.39, 0.29) is 17.7 Å². The van der Waals surface area contributed by atoms with Crippen molar-refractivity contribution in [1.82, 2.24) is 9.80 Å². The molecule has 0 aliphatic carbocycles. The lowest BCUT2D eigenvalue weighted by atomic mass is 9.87. The number of carbonyl (C=O) groups is 2. The second kappa shape index (κ2) is 7.78. The summed E-state index contributed by atoms with van der Waals surface area (Å²) >= 11 is 0. The smallest absolute Gasteiger partial charge is 0.253 e. The number of hydrogen-bond donors (Lipinski definition) is 1. The first-order valence-electron chi connectivity index (χ1n) is 9.79. The average molecular weight is 358 g/mol. The number of benzene rings is 1. The highest BCUT2D eigenvalue weighted by Gasteiger charge is 2.36. The van der Waals surface area contributed by atoms with Gasteiger partial charge in [0.2, 0.25) is 5.91 Å². The van der Waals surface area contributed by atoms with Gasteiger partial charge in [0.1, 0.15) is 0 Å². The zero-order valence-corrected chi connectivity index (χ0v) is 15.9. The van der Waals surface area contributed by atoms with Crippen molar-refractivity contribution in [2.24, 2.45) is 5.92 Å². The molecule has 142 valence electrons. The molecular weight excluding hydrogens is 328 g/mol. The molecule has 1 unspecified atom stereocenters. The molecular formula is C21H30N2O3. The fourth-order valence-electron chi connectivity index (χ4n) is 4.00. The highest BCUT2D eigenvalue weighted by molar-refractivity contribution is 5.94. The number of hydrogen-bond acceptors (Lipinski definition) is 3. The molecule has 0 saturated carbocycles. The third-order valence-corrected chi connectivity index (χ3v) is 6.02. The Morgan fingerprint density at radius 1 is 1.12 bits per heavy atom. The van der Waals surface area contributed by atoms with Crippen LogP contribution in [0.5, 0.6) is 0 Å². The van der Waals surface area contributed by atoms with E-state index in [1.54, 1.807) is 0 Å². The van der Waals surface area contributed by atoms with Crippen LogP contribution in [0.1, 0.15) is 54.9 Å². The van der Waals surface area contributed by atoms with E-state index < -0.39 is 5.60 Å². The fourth-order valence-corrected chi connectivity index (χ4v) is 4.00. The summed E-state index contributed by atoms with van der Waals surface area (Å²) in [4.78, 5) is 29.4. The van der Waals surface area contributed by atoms with Crippen LogP contribution in [0, 0.1) is 12.8 Å². The molecule has 2 fully saturated rings. The van der Waals surface area contributed by atoms with Gasteiger partial charge in [0.15, 0.2) is 0 Å². The number of nitrogens with zero attached hydrogens (tertiary/aromatic N) is 2. The maximum atomic E-state index is 12.9. The summed E-state index contributed by atoms with van der Waals surface area (Å²) in [6.07, 6.45) is 3.73. The van der Waals surface area contributed by atoms with E-state index in [2.05, 4.69) is 0 Å². The second-order valence-corrected chi connectivity index (χ2v) is 7.86. The minimum atomic E-state index is -0.614. The van der Waals surface area contributed by atoms with E-state index in [0.717, 1.165) is 24.8 Å². The van der Waals surface area contributed by atoms with Crippen molar-refractivity contribution in [3.05, 3.63) is 35.4 Å². The Hall–Kier alpha value is -1.88. The lowest BCUT2D eigenvalue weighted by Crippen LogP contribution is -2.51. The lowest BCUT2D eigenvalue weighted by Gasteiger charge is -2.40. The van der Waals surface area contributed by atoms with Crippen molar-refractivity contribution in [3.8, 4) is 0 Å². The number of aryl methyl sites for hydroxylation is 1. The summed E-state index contributed by atoms with van der Waals surface area (Å²) in [6, 6.07) is 7.61. The molecule has 26 heavy (non-hydrogen) atoms. The van der Waals surface area contributed by atoms with Crippen molar-refractivity contribution in [3.63, 3.8) is 0 Å². The van der Waals surface area contributed by atoms with E-state index in [1.807, 2.05) is 47.9 Å². The van der Waals surface area contributed by atoms with Crippen LogP contribution in [0.3, 0.4) is 0 Å². The van der Waals surface area contributed by atoms with Gasteiger partial charge in [-0.25, -0.2) is 0 Å². The van der Waals surface area contributed by atoms with Crippen LogP contribution >= 0.6 is 0 Å². The van der Waals surface area contributed by atoms with Gasteiger partial charge in [-0.05, 0) is 51.2 Å². The Bertz CT molecular complexity index is 648. The lowest BCUT2D eigenvalue weighted by molar-refractivity contribution is -0.141.